The Morgan fingerprint density at radius 3 is 2.90 bits per heavy atom. The first kappa shape index (κ1) is 13.1. The highest BCUT2D eigenvalue weighted by Gasteiger charge is 2.12. The van der Waals surface area contributed by atoms with E-state index in [-0.39, 0.29) is 18.2 Å². The molecule has 3 aromatic rings. The molecule has 0 saturated heterocycles. The Bertz CT molecular complexity index is 747. The normalized spacial score (nSPS) is 10.5. The second-order valence-corrected chi connectivity index (χ2v) is 4.53. The zero-order chi connectivity index (χ0) is 14.7. The summed E-state index contributed by atoms with van der Waals surface area (Å²) in [6.07, 6.45) is 1.44. The molecule has 6 nitrogen and oxygen atoms in total. The molecule has 0 aliphatic rings. The average Bonchev–Trinajstić information content (AvgIpc) is 3.16. The number of aryl methyl sites for hydroxylation is 1. The third-order valence-corrected chi connectivity index (χ3v) is 2.88. The summed E-state index contributed by atoms with van der Waals surface area (Å²) in [4.78, 5) is 11.7. The van der Waals surface area contributed by atoms with Gasteiger partial charge in [-0.2, -0.15) is 0 Å². The van der Waals surface area contributed by atoms with E-state index in [0.29, 0.717) is 11.8 Å². The van der Waals surface area contributed by atoms with Gasteiger partial charge in [0.2, 0.25) is 11.8 Å². The van der Waals surface area contributed by atoms with Crippen LogP contribution in [-0.2, 0) is 6.54 Å². The summed E-state index contributed by atoms with van der Waals surface area (Å²) in [5, 5.41) is 10.5. The van der Waals surface area contributed by atoms with E-state index in [0.717, 1.165) is 11.1 Å². The van der Waals surface area contributed by atoms with Gasteiger partial charge in [0.25, 0.3) is 5.91 Å². The standard InChI is InChI=1S/C15H13N3O3/c1-10-4-2-5-11(8-10)15-18-17-13(21-15)9-16-14(19)12-6-3-7-20-12/h2-8H,9H2,1H3,(H,16,19). The van der Waals surface area contributed by atoms with E-state index in [4.69, 9.17) is 8.83 Å². The maximum absolute atomic E-state index is 11.7. The molecule has 0 unspecified atom stereocenters. The summed E-state index contributed by atoms with van der Waals surface area (Å²) < 4.78 is 10.5. The number of amides is 1. The lowest BCUT2D eigenvalue weighted by molar-refractivity contribution is 0.0919. The molecule has 0 fully saturated rings. The molecule has 106 valence electrons. The summed E-state index contributed by atoms with van der Waals surface area (Å²) in [5.41, 5.74) is 1.96. The number of benzene rings is 1. The van der Waals surface area contributed by atoms with Crippen LogP contribution in [-0.4, -0.2) is 16.1 Å². The van der Waals surface area contributed by atoms with E-state index in [2.05, 4.69) is 15.5 Å². The van der Waals surface area contributed by atoms with Crippen molar-refractivity contribution in [2.75, 3.05) is 0 Å². The Labute approximate surface area is 120 Å². The Hall–Kier alpha value is -2.89. The van der Waals surface area contributed by atoms with Crippen molar-refractivity contribution in [3.8, 4) is 11.5 Å². The van der Waals surface area contributed by atoms with Gasteiger partial charge in [-0.05, 0) is 31.2 Å². The van der Waals surface area contributed by atoms with Gasteiger partial charge in [-0.25, -0.2) is 0 Å². The molecule has 0 spiro atoms. The first-order chi connectivity index (χ1) is 10.2. The van der Waals surface area contributed by atoms with Gasteiger partial charge < -0.3 is 14.2 Å². The van der Waals surface area contributed by atoms with Gasteiger partial charge >= 0.3 is 0 Å². The molecule has 1 aromatic carbocycles. The van der Waals surface area contributed by atoms with Crippen LogP contribution >= 0.6 is 0 Å². The number of hydrogen-bond acceptors (Lipinski definition) is 5. The minimum absolute atomic E-state index is 0.151. The molecule has 1 amide bonds. The third kappa shape index (κ3) is 3.00. The second-order valence-electron chi connectivity index (χ2n) is 4.53. The lowest BCUT2D eigenvalue weighted by atomic mass is 10.1. The van der Waals surface area contributed by atoms with Crippen LogP contribution < -0.4 is 5.32 Å². The highest BCUT2D eigenvalue weighted by molar-refractivity contribution is 5.91. The van der Waals surface area contributed by atoms with Crippen molar-refractivity contribution in [1.82, 2.24) is 15.5 Å². The smallest absolute Gasteiger partial charge is 0.287 e. The quantitative estimate of drug-likeness (QED) is 0.795. The molecule has 1 N–H and O–H groups in total. The highest BCUT2D eigenvalue weighted by Crippen LogP contribution is 2.18. The van der Waals surface area contributed by atoms with Crippen LogP contribution in [0.15, 0.2) is 51.5 Å². The zero-order valence-corrected chi connectivity index (χ0v) is 11.4. The Kier molecular flexibility index (Phi) is 3.51. The van der Waals surface area contributed by atoms with E-state index in [1.54, 1.807) is 12.1 Å². The predicted molar refractivity (Wildman–Crippen MR) is 74.3 cm³/mol. The van der Waals surface area contributed by atoms with E-state index in [1.807, 2.05) is 31.2 Å². The number of nitrogens with one attached hydrogen (secondary N) is 1. The molecular formula is C15H13N3O3. The van der Waals surface area contributed by atoms with Crippen LogP contribution in [0.4, 0.5) is 0 Å². The lowest BCUT2D eigenvalue weighted by Crippen LogP contribution is -2.22. The van der Waals surface area contributed by atoms with Crippen molar-refractivity contribution in [1.29, 1.82) is 0 Å². The van der Waals surface area contributed by atoms with Crippen LogP contribution in [0.2, 0.25) is 0 Å². The summed E-state index contributed by atoms with van der Waals surface area (Å²) in [5.74, 6) is 0.691. The fraction of sp³-hybridized carbons (Fsp3) is 0.133. The minimum Gasteiger partial charge on any atom is -0.459 e. The number of hydrogen-bond donors (Lipinski definition) is 1. The topological polar surface area (TPSA) is 81.2 Å². The molecular weight excluding hydrogens is 270 g/mol. The van der Waals surface area contributed by atoms with Gasteiger partial charge in [-0.15, -0.1) is 10.2 Å². The second kappa shape index (κ2) is 5.62. The first-order valence-corrected chi connectivity index (χ1v) is 6.43. The fourth-order valence-corrected chi connectivity index (χ4v) is 1.87. The molecule has 0 atom stereocenters. The van der Waals surface area contributed by atoms with E-state index >= 15 is 0 Å². The van der Waals surface area contributed by atoms with Gasteiger partial charge in [-0.3, -0.25) is 4.79 Å². The maximum atomic E-state index is 11.7. The molecule has 0 aliphatic heterocycles. The molecule has 0 saturated carbocycles. The van der Waals surface area contributed by atoms with Crippen molar-refractivity contribution in [3.05, 3.63) is 59.9 Å². The number of carbonyl (C=O) groups is 1. The molecule has 3 rings (SSSR count). The van der Waals surface area contributed by atoms with Gasteiger partial charge in [0.05, 0.1) is 12.8 Å². The Balaban J connectivity index is 1.67. The summed E-state index contributed by atoms with van der Waals surface area (Å²) in [7, 11) is 0. The van der Waals surface area contributed by atoms with Crippen LogP contribution in [0.1, 0.15) is 22.0 Å². The number of carbonyl (C=O) groups excluding carboxylic acids is 1. The zero-order valence-electron chi connectivity index (χ0n) is 11.4. The number of aromatic nitrogens is 2. The van der Waals surface area contributed by atoms with Gasteiger partial charge in [-0.1, -0.05) is 17.7 Å². The predicted octanol–water partition coefficient (Wildman–Crippen LogP) is 2.57. The SMILES string of the molecule is Cc1cccc(-c2nnc(CNC(=O)c3ccco3)o2)c1. The first-order valence-electron chi connectivity index (χ1n) is 6.43. The molecule has 0 radical (unpaired) electrons. The van der Waals surface area contributed by atoms with Crippen molar-refractivity contribution >= 4 is 5.91 Å². The third-order valence-electron chi connectivity index (χ3n) is 2.88. The molecule has 21 heavy (non-hydrogen) atoms. The van der Waals surface area contributed by atoms with Gasteiger partial charge in [0.15, 0.2) is 5.76 Å². The van der Waals surface area contributed by atoms with Gasteiger partial charge in [0.1, 0.15) is 0 Å². The van der Waals surface area contributed by atoms with Crippen molar-refractivity contribution in [2.45, 2.75) is 13.5 Å². The molecule has 6 heteroatoms. The summed E-state index contributed by atoms with van der Waals surface area (Å²) in [6.45, 7) is 2.14. The molecule has 2 heterocycles. The summed E-state index contributed by atoms with van der Waals surface area (Å²) in [6, 6.07) is 11.0. The fourth-order valence-electron chi connectivity index (χ4n) is 1.87. The Morgan fingerprint density at radius 1 is 1.24 bits per heavy atom. The van der Waals surface area contributed by atoms with Gasteiger partial charge in [0, 0.05) is 5.56 Å². The van der Waals surface area contributed by atoms with Crippen LogP contribution in [0.5, 0.6) is 0 Å². The van der Waals surface area contributed by atoms with Crippen molar-refractivity contribution < 1.29 is 13.6 Å². The monoisotopic (exact) mass is 283 g/mol. The van der Waals surface area contributed by atoms with Crippen LogP contribution in [0, 0.1) is 6.92 Å². The number of nitrogens with zero attached hydrogens (tertiary/aromatic N) is 2. The molecule has 0 bridgehead atoms. The highest BCUT2D eigenvalue weighted by atomic mass is 16.4. The largest absolute Gasteiger partial charge is 0.459 e. The lowest BCUT2D eigenvalue weighted by Gasteiger charge is -1.99. The number of rotatable bonds is 4. The van der Waals surface area contributed by atoms with Crippen molar-refractivity contribution in [3.63, 3.8) is 0 Å². The average molecular weight is 283 g/mol. The molecule has 0 aliphatic carbocycles. The van der Waals surface area contributed by atoms with Crippen LogP contribution in [0.25, 0.3) is 11.5 Å². The van der Waals surface area contributed by atoms with Crippen molar-refractivity contribution in [2.24, 2.45) is 0 Å². The molecule has 2 aromatic heterocycles. The van der Waals surface area contributed by atoms with Crippen LogP contribution in [0.3, 0.4) is 0 Å². The van der Waals surface area contributed by atoms with E-state index in [9.17, 15) is 4.79 Å². The van der Waals surface area contributed by atoms with E-state index < -0.39 is 0 Å². The maximum Gasteiger partial charge on any atom is 0.287 e. The number of furan rings is 1. The minimum atomic E-state index is -0.324. The van der Waals surface area contributed by atoms with E-state index in [1.165, 1.54) is 6.26 Å². The summed E-state index contributed by atoms with van der Waals surface area (Å²) >= 11 is 0. The Morgan fingerprint density at radius 2 is 2.14 bits per heavy atom.